The lowest BCUT2D eigenvalue weighted by Crippen LogP contribution is -2.30. The highest BCUT2D eigenvalue weighted by Gasteiger charge is 2.05. The molecule has 0 spiro atoms. The molecule has 0 amide bonds. The minimum Gasteiger partial charge on any atom is -0.478 e. The molecule has 0 aliphatic rings. The van der Waals surface area contributed by atoms with Crippen LogP contribution in [-0.2, 0) is 4.79 Å². The summed E-state index contributed by atoms with van der Waals surface area (Å²) in [6, 6.07) is 0.117. The van der Waals surface area contributed by atoms with Gasteiger partial charge in [-0.05, 0) is 13.3 Å². The van der Waals surface area contributed by atoms with E-state index in [-0.39, 0.29) is 24.8 Å². The van der Waals surface area contributed by atoms with E-state index in [1.165, 1.54) is 0 Å². The number of rotatable bonds is 6. The van der Waals surface area contributed by atoms with Crippen molar-refractivity contribution in [1.29, 1.82) is 0 Å². The number of carbonyl (C=O) groups is 1. The number of hydrogen-bond acceptors (Lipinski definition) is 3. The van der Waals surface area contributed by atoms with Gasteiger partial charge in [0.2, 0.25) is 0 Å². The zero-order valence-corrected chi connectivity index (χ0v) is 7.21. The molecule has 1 unspecified atom stereocenters. The fourth-order valence-corrected chi connectivity index (χ4v) is 0.669. The van der Waals surface area contributed by atoms with Gasteiger partial charge in [0.15, 0.2) is 0 Å². The smallest absolute Gasteiger partial charge is 0.332 e. The fraction of sp³-hybridized carbons (Fsp3) is 0.625. The van der Waals surface area contributed by atoms with Crippen LogP contribution in [0.1, 0.15) is 13.3 Å². The second kappa shape index (κ2) is 5.74. The topological polar surface area (TPSA) is 69.6 Å². The van der Waals surface area contributed by atoms with Crippen molar-refractivity contribution >= 4 is 5.97 Å². The molecular weight excluding hydrogens is 158 g/mol. The summed E-state index contributed by atoms with van der Waals surface area (Å²) in [6.07, 6.45) is 0.618. The van der Waals surface area contributed by atoms with Gasteiger partial charge in [-0.1, -0.05) is 6.58 Å². The summed E-state index contributed by atoms with van der Waals surface area (Å²) in [5.74, 6) is -0.987. The maximum absolute atomic E-state index is 10.3. The van der Waals surface area contributed by atoms with Gasteiger partial charge >= 0.3 is 5.97 Å². The minimum absolute atomic E-state index is 0.105. The van der Waals surface area contributed by atoms with Crippen molar-refractivity contribution in [2.75, 3.05) is 13.2 Å². The largest absolute Gasteiger partial charge is 0.478 e. The lowest BCUT2D eigenvalue weighted by Gasteiger charge is -2.11. The Balaban J connectivity index is 3.54. The summed E-state index contributed by atoms with van der Waals surface area (Å²) in [4.78, 5) is 10.3. The molecule has 0 saturated carbocycles. The van der Waals surface area contributed by atoms with E-state index < -0.39 is 5.97 Å². The Labute approximate surface area is 71.9 Å². The predicted octanol–water partition coefficient (Wildman–Crippen LogP) is -0.0123. The number of aliphatic carboxylic acids is 1. The van der Waals surface area contributed by atoms with Crippen LogP contribution in [-0.4, -0.2) is 35.4 Å². The molecule has 4 heteroatoms. The van der Waals surface area contributed by atoms with Crippen LogP contribution in [0.3, 0.4) is 0 Å². The molecule has 0 aliphatic heterocycles. The maximum atomic E-state index is 10.3. The predicted molar refractivity (Wildman–Crippen MR) is 45.9 cm³/mol. The number of carboxylic acids is 1. The highest BCUT2D eigenvalue weighted by Crippen LogP contribution is 1.92. The average molecular weight is 173 g/mol. The first kappa shape index (κ1) is 11.1. The first-order chi connectivity index (χ1) is 5.57. The van der Waals surface area contributed by atoms with Gasteiger partial charge in [0, 0.05) is 24.8 Å². The summed E-state index contributed by atoms with van der Waals surface area (Å²) in [5, 5.41) is 19.9. The van der Waals surface area contributed by atoms with Gasteiger partial charge in [-0.3, -0.25) is 0 Å². The van der Waals surface area contributed by atoms with Crippen LogP contribution in [0.15, 0.2) is 12.2 Å². The van der Waals surface area contributed by atoms with Crippen LogP contribution in [0.5, 0.6) is 0 Å². The fourth-order valence-electron chi connectivity index (χ4n) is 0.669. The van der Waals surface area contributed by atoms with Crippen molar-refractivity contribution in [3.05, 3.63) is 12.2 Å². The highest BCUT2D eigenvalue weighted by atomic mass is 16.4. The second-order valence-corrected chi connectivity index (χ2v) is 2.70. The van der Waals surface area contributed by atoms with Crippen LogP contribution < -0.4 is 5.32 Å². The quantitative estimate of drug-likeness (QED) is 0.494. The van der Waals surface area contributed by atoms with Crippen molar-refractivity contribution in [3.63, 3.8) is 0 Å². The molecule has 0 bridgehead atoms. The number of nitrogens with one attached hydrogen (secondary N) is 1. The molecule has 0 saturated heterocycles. The van der Waals surface area contributed by atoms with Crippen LogP contribution in [0.25, 0.3) is 0 Å². The zero-order valence-electron chi connectivity index (χ0n) is 7.21. The van der Waals surface area contributed by atoms with Crippen LogP contribution >= 0.6 is 0 Å². The maximum Gasteiger partial charge on any atom is 0.332 e. The van der Waals surface area contributed by atoms with E-state index in [9.17, 15) is 4.79 Å². The van der Waals surface area contributed by atoms with Gasteiger partial charge in [0.05, 0.1) is 0 Å². The summed E-state index contributed by atoms with van der Waals surface area (Å²) in [6.45, 7) is 5.61. The van der Waals surface area contributed by atoms with Crippen molar-refractivity contribution in [3.8, 4) is 0 Å². The first-order valence-corrected chi connectivity index (χ1v) is 3.83. The Morgan fingerprint density at radius 2 is 2.25 bits per heavy atom. The van der Waals surface area contributed by atoms with E-state index in [1.807, 2.05) is 6.92 Å². The number of aliphatic hydroxyl groups excluding tert-OH is 1. The van der Waals surface area contributed by atoms with Crippen molar-refractivity contribution in [2.45, 2.75) is 19.4 Å². The number of hydrogen-bond donors (Lipinski definition) is 3. The summed E-state index contributed by atoms with van der Waals surface area (Å²) < 4.78 is 0. The third-order valence-corrected chi connectivity index (χ3v) is 1.53. The molecule has 0 fully saturated rings. The normalized spacial score (nSPS) is 12.5. The molecule has 12 heavy (non-hydrogen) atoms. The molecule has 0 radical (unpaired) electrons. The monoisotopic (exact) mass is 173 g/mol. The van der Waals surface area contributed by atoms with Crippen LogP contribution in [0, 0.1) is 0 Å². The molecular formula is C8H15NO3. The van der Waals surface area contributed by atoms with Crippen LogP contribution in [0.2, 0.25) is 0 Å². The molecule has 1 atom stereocenters. The van der Waals surface area contributed by atoms with Gasteiger partial charge in [-0.25, -0.2) is 4.79 Å². The first-order valence-electron chi connectivity index (χ1n) is 3.83. The SMILES string of the molecule is C=C(CNC(C)CCO)C(=O)O. The Bertz CT molecular complexity index is 168. The number of carboxylic acid groups (broad SMARTS) is 1. The lowest BCUT2D eigenvalue weighted by atomic mass is 10.2. The molecule has 0 aromatic heterocycles. The van der Waals surface area contributed by atoms with Crippen LogP contribution in [0.4, 0.5) is 0 Å². The van der Waals surface area contributed by atoms with E-state index in [0.29, 0.717) is 6.42 Å². The molecule has 0 aromatic carbocycles. The molecule has 3 N–H and O–H groups in total. The zero-order chi connectivity index (χ0) is 9.56. The Morgan fingerprint density at radius 1 is 1.67 bits per heavy atom. The van der Waals surface area contributed by atoms with Gasteiger partial charge < -0.3 is 15.5 Å². The molecule has 70 valence electrons. The Kier molecular flexibility index (Phi) is 5.32. The van der Waals surface area contributed by atoms with Gasteiger partial charge in [0.25, 0.3) is 0 Å². The molecule has 0 heterocycles. The molecule has 0 aliphatic carbocycles. The van der Waals surface area contributed by atoms with E-state index >= 15 is 0 Å². The summed E-state index contributed by atoms with van der Waals surface area (Å²) >= 11 is 0. The Morgan fingerprint density at radius 3 is 2.67 bits per heavy atom. The molecule has 0 aromatic rings. The summed E-state index contributed by atoms with van der Waals surface area (Å²) in [7, 11) is 0. The van der Waals surface area contributed by atoms with E-state index in [4.69, 9.17) is 10.2 Å². The molecule has 4 nitrogen and oxygen atoms in total. The van der Waals surface area contributed by atoms with E-state index in [1.54, 1.807) is 0 Å². The van der Waals surface area contributed by atoms with Gasteiger partial charge in [0.1, 0.15) is 0 Å². The third-order valence-electron chi connectivity index (χ3n) is 1.53. The standard InChI is InChI=1S/C8H15NO3/c1-6(8(11)12)5-9-7(2)3-4-10/h7,9-10H,1,3-5H2,2H3,(H,11,12). The van der Waals surface area contributed by atoms with E-state index in [0.717, 1.165) is 0 Å². The van der Waals surface area contributed by atoms with Crippen molar-refractivity contribution in [2.24, 2.45) is 0 Å². The van der Waals surface area contributed by atoms with Crippen molar-refractivity contribution in [1.82, 2.24) is 5.32 Å². The summed E-state index contributed by atoms with van der Waals surface area (Å²) in [5.41, 5.74) is 0.139. The van der Waals surface area contributed by atoms with Crippen molar-refractivity contribution < 1.29 is 15.0 Å². The van der Waals surface area contributed by atoms with Gasteiger partial charge in [-0.2, -0.15) is 0 Å². The number of aliphatic hydroxyl groups is 1. The van der Waals surface area contributed by atoms with Gasteiger partial charge in [-0.15, -0.1) is 0 Å². The Hall–Kier alpha value is -0.870. The van der Waals surface area contributed by atoms with E-state index in [2.05, 4.69) is 11.9 Å². The highest BCUT2D eigenvalue weighted by molar-refractivity contribution is 5.86. The minimum atomic E-state index is -0.987. The lowest BCUT2D eigenvalue weighted by molar-refractivity contribution is -0.132. The average Bonchev–Trinajstić information content (AvgIpc) is 2.00. The molecule has 0 rings (SSSR count). The second-order valence-electron chi connectivity index (χ2n) is 2.70. The third kappa shape index (κ3) is 4.87.